The van der Waals surface area contributed by atoms with Gasteiger partial charge < -0.3 is 5.32 Å². The van der Waals surface area contributed by atoms with E-state index in [1.807, 2.05) is 0 Å². The molecule has 1 aromatic rings. The van der Waals surface area contributed by atoms with Crippen LogP contribution in [-0.4, -0.2) is 17.8 Å². The summed E-state index contributed by atoms with van der Waals surface area (Å²) < 4.78 is 26.4. The topological polar surface area (TPSA) is 12.0 Å². The fourth-order valence-corrected chi connectivity index (χ4v) is 4.70. The molecule has 118 valence electrons. The largest absolute Gasteiger partial charge is 0.312 e. The molecule has 0 amide bonds. The molecule has 1 aromatic carbocycles. The van der Waals surface area contributed by atoms with Crippen molar-refractivity contribution in [3.63, 3.8) is 0 Å². The molecule has 1 N–H and O–H groups in total. The van der Waals surface area contributed by atoms with E-state index in [4.69, 9.17) is 0 Å². The summed E-state index contributed by atoms with van der Waals surface area (Å²) in [5, 5.41) is 4.08. The van der Waals surface area contributed by atoms with Crippen LogP contribution in [0.25, 0.3) is 0 Å². The highest BCUT2D eigenvalue weighted by Gasteiger charge is 2.38. The number of rotatable bonds is 5. The summed E-state index contributed by atoms with van der Waals surface area (Å²) in [6.07, 6.45) is 4.63. The van der Waals surface area contributed by atoms with E-state index in [9.17, 15) is 8.78 Å². The summed E-state index contributed by atoms with van der Waals surface area (Å²) in [6.45, 7) is 7.78. The Labute approximate surface area is 130 Å². The zero-order valence-corrected chi connectivity index (χ0v) is 13.9. The minimum atomic E-state index is -0.774. The molecule has 0 radical (unpaired) electrons. The average molecular weight is 313 g/mol. The summed E-state index contributed by atoms with van der Waals surface area (Å²) in [6, 6.07) is 4.63. The van der Waals surface area contributed by atoms with Crippen LogP contribution in [0.15, 0.2) is 23.1 Å². The number of nitrogens with one attached hydrogen (secondary N) is 1. The maximum Gasteiger partial charge on any atom is 0.159 e. The molecule has 0 aliphatic heterocycles. The van der Waals surface area contributed by atoms with Crippen LogP contribution in [0.1, 0.15) is 46.5 Å². The van der Waals surface area contributed by atoms with Crippen molar-refractivity contribution in [1.29, 1.82) is 0 Å². The van der Waals surface area contributed by atoms with Crippen LogP contribution in [-0.2, 0) is 0 Å². The zero-order chi connectivity index (χ0) is 15.5. The van der Waals surface area contributed by atoms with E-state index in [1.165, 1.54) is 25.0 Å². The Bertz CT molecular complexity index is 476. The molecule has 2 rings (SSSR count). The van der Waals surface area contributed by atoms with Crippen LogP contribution >= 0.6 is 11.8 Å². The minimum absolute atomic E-state index is 0.240. The van der Waals surface area contributed by atoms with Crippen LogP contribution in [0.5, 0.6) is 0 Å². The standard InChI is InChI=1S/C17H25F2NS/c1-4-10-20-16-15(6-5-9-17(16,2)3)21-12-7-8-13(18)14(19)11-12/h7-8,11,15-16,20H,4-6,9-10H2,1-3H3. The van der Waals surface area contributed by atoms with Crippen LogP contribution in [0.4, 0.5) is 8.78 Å². The molecule has 0 saturated heterocycles. The van der Waals surface area contributed by atoms with E-state index in [0.29, 0.717) is 11.3 Å². The highest BCUT2D eigenvalue weighted by Crippen LogP contribution is 2.43. The van der Waals surface area contributed by atoms with Gasteiger partial charge in [-0.05, 0) is 49.4 Å². The molecule has 1 saturated carbocycles. The first-order valence-electron chi connectivity index (χ1n) is 7.79. The van der Waals surface area contributed by atoms with Crippen LogP contribution in [0, 0.1) is 17.0 Å². The van der Waals surface area contributed by atoms with Gasteiger partial charge in [0.1, 0.15) is 0 Å². The molecule has 2 unspecified atom stereocenters. The summed E-state index contributed by atoms with van der Waals surface area (Å²) in [5.41, 5.74) is 0.240. The highest BCUT2D eigenvalue weighted by atomic mass is 32.2. The van der Waals surface area contributed by atoms with Crippen LogP contribution in [0.3, 0.4) is 0 Å². The molecule has 0 aromatic heterocycles. The van der Waals surface area contributed by atoms with Crippen molar-refractivity contribution in [2.45, 2.75) is 62.6 Å². The molecule has 1 fully saturated rings. The van der Waals surface area contributed by atoms with Gasteiger partial charge in [0.15, 0.2) is 11.6 Å². The third kappa shape index (κ3) is 4.19. The zero-order valence-electron chi connectivity index (χ0n) is 13.1. The maximum absolute atomic E-state index is 13.4. The molecule has 0 bridgehead atoms. The quantitative estimate of drug-likeness (QED) is 0.820. The van der Waals surface area contributed by atoms with Gasteiger partial charge in [0.25, 0.3) is 0 Å². The van der Waals surface area contributed by atoms with Gasteiger partial charge in [-0.15, -0.1) is 11.8 Å². The van der Waals surface area contributed by atoms with Crippen molar-refractivity contribution < 1.29 is 8.78 Å². The number of hydrogen-bond acceptors (Lipinski definition) is 2. The van der Waals surface area contributed by atoms with E-state index in [-0.39, 0.29) is 5.41 Å². The third-order valence-electron chi connectivity index (χ3n) is 4.32. The third-order valence-corrected chi connectivity index (χ3v) is 5.65. The number of thioether (sulfide) groups is 1. The molecular weight excluding hydrogens is 288 g/mol. The first kappa shape index (κ1) is 16.8. The average Bonchev–Trinajstić information content (AvgIpc) is 2.42. The fraction of sp³-hybridized carbons (Fsp3) is 0.647. The van der Waals surface area contributed by atoms with E-state index >= 15 is 0 Å². The smallest absolute Gasteiger partial charge is 0.159 e. The SMILES string of the molecule is CCCNC1C(Sc2ccc(F)c(F)c2)CCCC1(C)C. The van der Waals surface area contributed by atoms with Crippen molar-refractivity contribution in [3.8, 4) is 0 Å². The predicted molar refractivity (Wildman–Crippen MR) is 85.7 cm³/mol. The monoisotopic (exact) mass is 313 g/mol. The van der Waals surface area contributed by atoms with Crippen molar-refractivity contribution in [1.82, 2.24) is 5.32 Å². The van der Waals surface area contributed by atoms with Crippen molar-refractivity contribution in [3.05, 3.63) is 29.8 Å². The van der Waals surface area contributed by atoms with Gasteiger partial charge in [-0.1, -0.05) is 27.2 Å². The molecular formula is C17H25F2NS. The first-order chi connectivity index (χ1) is 9.94. The molecule has 2 atom stereocenters. The van der Waals surface area contributed by atoms with E-state index in [0.717, 1.165) is 24.3 Å². The van der Waals surface area contributed by atoms with E-state index in [1.54, 1.807) is 17.8 Å². The Morgan fingerprint density at radius 2 is 2.05 bits per heavy atom. The van der Waals surface area contributed by atoms with Crippen molar-refractivity contribution in [2.75, 3.05) is 6.54 Å². The lowest BCUT2D eigenvalue weighted by molar-refractivity contribution is 0.175. The second-order valence-electron chi connectivity index (χ2n) is 6.54. The Morgan fingerprint density at radius 3 is 2.71 bits per heavy atom. The summed E-state index contributed by atoms with van der Waals surface area (Å²) in [5.74, 6) is -1.53. The maximum atomic E-state index is 13.4. The Hall–Kier alpha value is -0.610. The van der Waals surface area contributed by atoms with Gasteiger partial charge in [0, 0.05) is 16.2 Å². The lowest BCUT2D eigenvalue weighted by Crippen LogP contribution is -2.51. The van der Waals surface area contributed by atoms with Crippen LogP contribution < -0.4 is 5.32 Å². The van der Waals surface area contributed by atoms with Crippen LogP contribution in [0.2, 0.25) is 0 Å². The first-order valence-corrected chi connectivity index (χ1v) is 8.67. The molecule has 21 heavy (non-hydrogen) atoms. The van der Waals surface area contributed by atoms with Gasteiger partial charge in [-0.25, -0.2) is 8.78 Å². The Kier molecular flexibility index (Phi) is 5.67. The van der Waals surface area contributed by atoms with E-state index < -0.39 is 11.6 Å². The number of benzene rings is 1. The highest BCUT2D eigenvalue weighted by molar-refractivity contribution is 8.00. The number of hydrogen-bond donors (Lipinski definition) is 1. The minimum Gasteiger partial charge on any atom is -0.312 e. The number of halogens is 2. The molecule has 1 aliphatic carbocycles. The summed E-state index contributed by atoms with van der Waals surface area (Å²) >= 11 is 1.68. The summed E-state index contributed by atoms with van der Waals surface area (Å²) in [7, 11) is 0. The normalized spacial score (nSPS) is 25.0. The van der Waals surface area contributed by atoms with Crippen molar-refractivity contribution in [2.24, 2.45) is 5.41 Å². The molecule has 0 heterocycles. The van der Waals surface area contributed by atoms with Gasteiger partial charge in [0.2, 0.25) is 0 Å². The second kappa shape index (κ2) is 7.10. The lowest BCUT2D eigenvalue weighted by atomic mass is 9.73. The second-order valence-corrected chi connectivity index (χ2v) is 7.86. The fourth-order valence-electron chi connectivity index (χ4n) is 3.14. The summed E-state index contributed by atoms with van der Waals surface area (Å²) in [4.78, 5) is 0.819. The Balaban J connectivity index is 2.12. The van der Waals surface area contributed by atoms with Gasteiger partial charge in [0.05, 0.1) is 0 Å². The molecule has 0 spiro atoms. The lowest BCUT2D eigenvalue weighted by Gasteiger charge is -2.44. The van der Waals surface area contributed by atoms with Gasteiger partial charge >= 0.3 is 0 Å². The molecule has 1 aliphatic rings. The van der Waals surface area contributed by atoms with E-state index in [2.05, 4.69) is 26.1 Å². The predicted octanol–water partition coefficient (Wildman–Crippen LogP) is 5.00. The molecule has 4 heteroatoms. The van der Waals surface area contributed by atoms with Crippen molar-refractivity contribution >= 4 is 11.8 Å². The van der Waals surface area contributed by atoms with Gasteiger partial charge in [-0.2, -0.15) is 0 Å². The van der Waals surface area contributed by atoms with Gasteiger partial charge in [-0.3, -0.25) is 0 Å². The molecule has 1 nitrogen and oxygen atoms in total. The Morgan fingerprint density at radius 1 is 1.29 bits per heavy atom.